The van der Waals surface area contributed by atoms with Gasteiger partial charge in [0.05, 0.1) is 42.8 Å². The third-order valence-corrected chi connectivity index (χ3v) is 9.35. The standard InChI is InChI=1S/C25H33N3O5S2/c1-5-27(6-2)35(29,30)20-12-13-22-21(15-20)26-25(28(22)16-19-10-8-14-33-19)34-17-18-9-7-11-23(31-3)24(18)32-4/h7,9,11-13,15,19H,5-6,8,10,14,16-17H2,1-4H3. The minimum Gasteiger partial charge on any atom is -0.493 e. The van der Waals surface area contributed by atoms with Gasteiger partial charge in [-0.3, -0.25) is 0 Å². The molecule has 0 aliphatic carbocycles. The monoisotopic (exact) mass is 519 g/mol. The van der Waals surface area contributed by atoms with Crippen molar-refractivity contribution in [2.45, 2.75) is 55.1 Å². The molecule has 0 radical (unpaired) electrons. The topological polar surface area (TPSA) is 82.9 Å². The molecule has 1 unspecified atom stereocenters. The zero-order valence-electron chi connectivity index (χ0n) is 20.7. The normalized spacial score (nSPS) is 16.3. The summed E-state index contributed by atoms with van der Waals surface area (Å²) in [4.78, 5) is 5.13. The minimum absolute atomic E-state index is 0.122. The van der Waals surface area contributed by atoms with Crippen molar-refractivity contribution in [3.8, 4) is 11.5 Å². The molecular weight excluding hydrogens is 486 g/mol. The van der Waals surface area contributed by atoms with E-state index in [-0.39, 0.29) is 11.0 Å². The van der Waals surface area contributed by atoms with Gasteiger partial charge in [-0.05, 0) is 37.1 Å². The largest absolute Gasteiger partial charge is 0.493 e. The Balaban J connectivity index is 1.71. The van der Waals surface area contributed by atoms with Crippen molar-refractivity contribution in [3.63, 3.8) is 0 Å². The van der Waals surface area contributed by atoms with Crippen molar-refractivity contribution >= 4 is 32.8 Å². The van der Waals surface area contributed by atoms with E-state index in [0.29, 0.717) is 42.4 Å². The van der Waals surface area contributed by atoms with Crippen molar-refractivity contribution in [1.29, 1.82) is 0 Å². The highest BCUT2D eigenvalue weighted by atomic mass is 32.2. The van der Waals surface area contributed by atoms with Gasteiger partial charge in [-0.25, -0.2) is 13.4 Å². The maximum atomic E-state index is 13.1. The lowest BCUT2D eigenvalue weighted by Crippen LogP contribution is -2.30. The summed E-state index contributed by atoms with van der Waals surface area (Å²) in [6.45, 7) is 5.99. The second-order valence-corrected chi connectivity index (χ2v) is 11.2. The maximum absolute atomic E-state index is 13.1. The molecule has 4 rings (SSSR count). The number of hydrogen-bond acceptors (Lipinski definition) is 7. The number of hydrogen-bond donors (Lipinski definition) is 0. The molecule has 190 valence electrons. The Morgan fingerprint density at radius 2 is 1.97 bits per heavy atom. The number of para-hydroxylation sites is 1. The van der Waals surface area contributed by atoms with Gasteiger partial charge >= 0.3 is 0 Å². The van der Waals surface area contributed by atoms with Crippen LogP contribution < -0.4 is 9.47 Å². The highest BCUT2D eigenvalue weighted by Crippen LogP contribution is 2.36. The quantitative estimate of drug-likeness (QED) is 0.344. The van der Waals surface area contributed by atoms with Crippen LogP contribution in [0.3, 0.4) is 0 Å². The summed E-state index contributed by atoms with van der Waals surface area (Å²) in [6.07, 6.45) is 2.17. The maximum Gasteiger partial charge on any atom is 0.243 e. The zero-order valence-corrected chi connectivity index (χ0v) is 22.3. The lowest BCUT2D eigenvalue weighted by molar-refractivity contribution is 0.0960. The molecule has 2 aromatic carbocycles. The Morgan fingerprint density at radius 3 is 2.63 bits per heavy atom. The van der Waals surface area contributed by atoms with Gasteiger partial charge in [-0.2, -0.15) is 4.31 Å². The van der Waals surface area contributed by atoms with Gasteiger partial charge < -0.3 is 18.8 Å². The first-order valence-electron chi connectivity index (χ1n) is 11.9. The summed E-state index contributed by atoms with van der Waals surface area (Å²) in [7, 11) is -0.308. The average Bonchev–Trinajstić information content (AvgIpc) is 3.50. The fourth-order valence-corrected chi connectivity index (χ4v) is 6.93. The fourth-order valence-electron chi connectivity index (χ4n) is 4.45. The van der Waals surface area contributed by atoms with Crippen molar-refractivity contribution < 1.29 is 22.6 Å². The van der Waals surface area contributed by atoms with Gasteiger partial charge in [-0.15, -0.1) is 0 Å². The number of thioether (sulfide) groups is 1. The van der Waals surface area contributed by atoms with Crippen LogP contribution in [0.2, 0.25) is 0 Å². The number of methoxy groups -OCH3 is 2. The summed E-state index contributed by atoms with van der Waals surface area (Å²) in [6, 6.07) is 11.1. The molecule has 0 bridgehead atoms. The first kappa shape index (κ1) is 25.8. The number of benzene rings is 2. The molecule has 0 N–H and O–H groups in total. The predicted molar refractivity (Wildman–Crippen MR) is 138 cm³/mol. The fraction of sp³-hybridized carbons (Fsp3) is 0.480. The lowest BCUT2D eigenvalue weighted by atomic mass is 10.2. The third kappa shape index (κ3) is 5.30. The first-order chi connectivity index (χ1) is 16.9. The molecule has 1 aliphatic heterocycles. The molecule has 0 amide bonds. The van der Waals surface area contributed by atoms with E-state index in [1.807, 2.05) is 38.1 Å². The van der Waals surface area contributed by atoms with Crippen molar-refractivity contribution in [2.75, 3.05) is 33.9 Å². The second-order valence-electron chi connectivity index (χ2n) is 8.32. The van der Waals surface area contributed by atoms with E-state index in [9.17, 15) is 8.42 Å². The molecule has 1 fully saturated rings. The van der Waals surface area contributed by atoms with Crippen LogP contribution in [0, 0.1) is 0 Å². The number of imidazole rings is 1. The molecule has 0 saturated carbocycles. The Hall–Kier alpha value is -2.27. The molecule has 3 aromatic rings. The van der Waals surface area contributed by atoms with E-state index in [0.717, 1.165) is 35.7 Å². The second kappa shape index (κ2) is 11.2. The molecule has 1 aliphatic rings. The van der Waals surface area contributed by atoms with Crippen molar-refractivity contribution in [2.24, 2.45) is 0 Å². The van der Waals surface area contributed by atoms with Crippen molar-refractivity contribution in [1.82, 2.24) is 13.9 Å². The summed E-state index contributed by atoms with van der Waals surface area (Å²) in [5.41, 5.74) is 2.56. The lowest BCUT2D eigenvalue weighted by Gasteiger charge is -2.18. The first-order valence-corrected chi connectivity index (χ1v) is 14.3. The number of ether oxygens (including phenoxy) is 3. The van der Waals surface area contributed by atoms with Crippen LogP contribution in [-0.4, -0.2) is 62.3 Å². The van der Waals surface area contributed by atoms with Gasteiger partial charge in [0.2, 0.25) is 10.0 Å². The molecule has 1 saturated heterocycles. The predicted octanol–water partition coefficient (Wildman–Crippen LogP) is 4.56. The Kier molecular flexibility index (Phi) is 8.26. The van der Waals surface area contributed by atoms with E-state index < -0.39 is 10.0 Å². The molecule has 1 aromatic heterocycles. The third-order valence-electron chi connectivity index (χ3n) is 6.28. The summed E-state index contributed by atoms with van der Waals surface area (Å²) >= 11 is 1.59. The number of rotatable bonds is 11. The highest BCUT2D eigenvalue weighted by Gasteiger charge is 2.25. The molecule has 1 atom stereocenters. The summed E-state index contributed by atoms with van der Waals surface area (Å²) in [5.74, 6) is 2.02. The Bertz CT molecular complexity index is 1270. The molecule has 10 heteroatoms. The van der Waals surface area contributed by atoms with Crippen LogP contribution in [0.5, 0.6) is 11.5 Å². The van der Waals surface area contributed by atoms with Crippen LogP contribution in [0.15, 0.2) is 46.5 Å². The zero-order chi connectivity index (χ0) is 25.0. The molecular formula is C25H33N3O5S2. The summed E-state index contributed by atoms with van der Waals surface area (Å²) < 4.78 is 46.7. The number of aromatic nitrogens is 2. The van der Waals surface area contributed by atoms with Crippen LogP contribution in [-0.2, 0) is 27.1 Å². The van der Waals surface area contributed by atoms with Gasteiger partial charge in [-0.1, -0.05) is 37.7 Å². The van der Waals surface area contributed by atoms with Crippen LogP contribution in [0.1, 0.15) is 32.3 Å². The Morgan fingerprint density at radius 1 is 1.17 bits per heavy atom. The number of fused-ring (bicyclic) bond motifs is 1. The van der Waals surface area contributed by atoms with E-state index in [4.69, 9.17) is 19.2 Å². The van der Waals surface area contributed by atoms with Gasteiger partial charge in [0.25, 0.3) is 0 Å². The summed E-state index contributed by atoms with van der Waals surface area (Å²) in [5, 5.41) is 0.817. The van der Waals surface area contributed by atoms with Crippen LogP contribution >= 0.6 is 11.8 Å². The number of nitrogens with zero attached hydrogens (tertiary/aromatic N) is 3. The van der Waals surface area contributed by atoms with E-state index >= 15 is 0 Å². The van der Waals surface area contributed by atoms with Crippen molar-refractivity contribution in [3.05, 3.63) is 42.0 Å². The molecule has 2 heterocycles. The SMILES string of the molecule is CCN(CC)S(=O)(=O)c1ccc2c(c1)nc(SCc1cccc(OC)c1OC)n2CC1CCCO1. The van der Waals surface area contributed by atoms with Crippen LogP contribution in [0.25, 0.3) is 11.0 Å². The van der Waals surface area contributed by atoms with Crippen LogP contribution in [0.4, 0.5) is 0 Å². The number of sulfonamides is 1. The molecule has 0 spiro atoms. The van der Waals surface area contributed by atoms with Gasteiger partial charge in [0.15, 0.2) is 16.7 Å². The van der Waals surface area contributed by atoms with E-state index in [1.54, 1.807) is 38.1 Å². The van der Waals surface area contributed by atoms with Gasteiger partial charge in [0, 0.05) is 31.0 Å². The highest BCUT2D eigenvalue weighted by molar-refractivity contribution is 7.98. The average molecular weight is 520 g/mol. The van der Waals surface area contributed by atoms with E-state index in [1.165, 1.54) is 4.31 Å². The van der Waals surface area contributed by atoms with Gasteiger partial charge in [0.1, 0.15) is 0 Å². The smallest absolute Gasteiger partial charge is 0.243 e. The Labute approximate surface area is 211 Å². The molecule has 8 nitrogen and oxygen atoms in total. The molecule has 35 heavy (non-hydrogen) atoms. The van der Waals surface area contributed by atoms with E-state index in [2.05, 4.69) is 4.57 Å². The minimum atomic E-state index is -3.57.